The highest BCUT2D eigenvalue weighted by Crippen LogP contribution is 2.42. The molecule has 0 saturated carbocycles. The fourth-order valence-corrected chi connectivity index (χ4v) is 2.54. The molecule has 1 unspecified atom stereocenters. The van der Waals surface area contributed by atoms with Crippen LogP contribution in [0.2, 0.25) is 0 Å². The summed E-state index contributed by atoms with van der Waals surface area (Å²) >= 11 is 0. The molecule has 2 rings (SSSR count). The van der Waals surface area contributed by atoms with E-state index in [9.17, 15) is 20.2 Å². The molecule has 0 radical (unpaired) electrons. The lowest BCUT2D eigenvalue weighted by Gasteiger charge is -2.26. The maximum atomic E-state index is 12.4. The number of para-hydroxylation sites is 1. The van der Waals surface area contributed by atoms with Crippen molar-refractivity contribution in [1.29, 1.82) is 5.26 Å². The Morgan fingerprint density at radius 1 is 1.52 bits per heavy atom. The summed E-state index contributed by atoms with van der Waals surface area (Å²) in [5, 5.41) is 20.8. The van der Waals surface area contributed by atoms with E-state index >= 15 is 0 Å². The minimum atomic E-state index is -1.09. The molecule has 1 heterocycles. The van der Waals surface area contributed by atoms with E-state index in [2.05, 4.69) is 5.92 Å². The first-order chi connectivity index (χ1) is 11.9. The van der Waals surface area contributed by atoms with Crippen molar-refractivity contribution in [2.45, 2.75) is 12.8 Å². The number of hydrogen-bond donors (Lipinski definition) is 1. The summed E-state index contributed by atoms with van der Waals surface area (Å²) in [4.78, 5) is 23.2. The van der Waals surface area contributed by atoms with Gasteiger partial charge in [0.15, 0.2) is 6.61 Å². The maximum absolute atomic E-state index is 12.4. The van der Waals surface area contributed by atoms with Crippen LogP contribution in [0.3, 0.4) is 0 Å². The Labute approximate surface area is 143 Å². The summed E-state index contributed by atoms with van der Waals surface area (Å²) in [5.41, 5.74) is 5.43. The van der Waals surface area contributed by atoms with Crippen LogP contribution in [0.4, 0.5) is 5.69 Å². The number of ether oxygens (including phenoxy) is 2. The fourth-order valence-electron chi connectivity index (χ4n) is 2.54. The van der Waals surface area contributed by atoms with Crippen molar-refractivity contribution in [3.05, 3.63) is 62.7 Å². The van der Waals surface area contributed by atoms with Gasteiger partial charge in [-0.25, -0.2) is 4.79 Å². The van der Waals surface area contributed by atoms with Gasteiger partial charge in [-0.15, -0.1) is 6.42 Å². The van der Waals surface area contributed by atoms with Crippen LogP contribution in [-0.4, -0.2) is 17.5 Å². The van der Waals surface area contributed by atoms with Crippen LogP contribution in [0.5, 0.6) is 0 Å². The van der Waals surface area contributed by atoms with Gasteiger partial charge in [0, 0.05) is 11.6 Å². The first kappa shape index (κ1) is 17.6. The summed E-state index contributed by atoms with van der Waals surface area (Å²) < 4.78 is 10.2. The van der Waals surface area contributed by atoms with Gasteiger partial charge in [0.05, 0.1) is 16.4 Å². The van der Waals surface area contributed by atoms with Crippen molar-refractivity contribution >= 4 is 11.7 Å². The van der Waals surface area contributed by atoms with Gasteiger partial charge < -0.3 is 15.2 Å². The smallest absolute Gasteiger partial charge is 0.339 e. The zero-order chi connectivity index (χ0) is 18.6. The van der Waals surface area contributed by atoms with Crippen LogP contribution < -0.4 is 5.73 Å². The number of nitro benzene ring substituents is 1. The number of hydrogen-bond acceptors (Lipinski definition) is 7. The number of carbonyl (C=O) groups is 1. The van der Waals surface area contributed by atoms with Crippen molar-refractivity contribution < 1.29 is 19.2 Å². The normalized spacial score (nSPS) is 16.5. The Kier molecular flexibility index (Phi) is 5.06. The summed E-state index contributed by atoms with van der Waals surface area (Å²) in [6.45, 7) is 1.16. The predicted molar refractivity (Wildman–Crippen MR) is 86.2 cm³/mol. The molecule has 8 nitrogen and oxygen atoms in total. The van der Waals surface area contributed by atoms with Crippen molar-refractivity contribution in [3.8, 4) is 18.4 Å². The van der Waals surface area contributed by atoms with E-state index in [4.69, 9.17) is 21.6 Å². The van der Waals surface area contributed by atoms with Crippen LogP contribution >= 0.6 is 0 Å². The second kappa shape index (κ2) is 7.20. The Balaban J connectivity index is 2.69. The molecule has 0 amide bonds. The van der Waals surface area contributed by atoms with E-state index in [1.165, 1.54) is 25.1 Å². The molecule has 0 aliphatic carbocycles. The molecule has 2 N–H and O–H groups in total. The number of nitro groups is 1. The SMILES string of the molecule is C#CCOC(=O)C1=C(C)OC(N)=C(C#N)C1c1ccccc1[N+](=O)[O-]. The average Bonchev–Trinajstić information content (AvgIpc) is 2.59. The van der Waals surface area contributed by atoms with E-state index in [1.807, 2.05) is 6.07 Å². The van der Waals surface area contributed by atoms with Gasteiger partial charge in [-0.05, 0) is 6.92 Å². The van der Waals surface area contributed by atoms with Crippen molar-refractivity contribution in [1.82, 2.24) is 0 Å². The fraction of sp³-hybridized carbons (Fsp3) is 0.176. The van der Waals surface area contributed by atoms with Gasteiger partial charge in [-0.2, -0.15) is 5.26 Å². The number of allylic oxidation sites excluding steroid dienone is 2. The van der Waals surface area contributed by atoms with Crippen molar-refractivity contribution in [2.75, 3.05) is 6.61 Å². The third-order valence-electron chi connectivity index (χ3n) is 3.56. The Morgan fingerprint density at radius 3 is 2.80 bits per heavy atom. The quantitative estimate of drug-likeness (QED) is 0.383. The molecule has 0 saturated heterocycles. The van der Waals surface area contributed by atoms with Crippen LogP contribution in [0.15, 0.2) is 47.1 Å². The number of benzene rings is 1. The monoisotopic (exact) mass is 339 g/mol. The number of nitriles is 1. The van der Waals surface area contributed by atoms with Gasteiger partial charge in [-0.3, -0.25) is 10.1 Å². The van der Waals surface area contributed by atoms with Crippen LogP contribution in [0.25, 0.3) is 0 Å². The van der Waals surface area contributed by atoms with Crippen molar-refractivity contribution in [2.24, 2.45) is 5.73 Å². The third kappa shape index (κ3) is 3.28. The summed E-state index contributed by atoms with van der Waals surface area (Å²) in [5.74, 6) is 0.0875. The first-order valence-electron chi connectivity index (χ1n) is 7.04. The molecule has 1 aliphatic rings. The van der Waals surface area contributed by atoms with Gasteiger partial charge in [0.2, 0.25) is 5.88 Å². The molecular formula is C17H13N3O5. The Hall–Kier alpha value is -3.78. The number of rotatable bonds is 4. The number of esters is 1. The number of nitrogens with two attached hydrogens (primary N) is 1. The molecule has 1 aliphatic heterocycles. The zero-order valence-corrected chi connectivity index (χ0v) is 13.2. The molecule has 126 valence electrons. The first-order valence-corrected chi connectivity index (χ1v) is 7.04. The van der Waals surface area contributed by atoms with E-state index < -0.39 is 16.8 Å². The molecule has 0 bridgehead atoms. The Morgan fingerprint density at radius 2 is 2.20 bits per heavy atom. The van der Waals surface area contributed by atoms with Gasteiger partial charge in [-0.1, -0.05) is 24.1 Å². The molecule has 8 heteroatoms. The zero-order valence-electron chi connectivity index (χ0n) is 13.2. The second-order valence-corrected chi connectivity index (χ2v) is 4.99. The molecule has 0 aromatic heterocycles. The van der Waals surface area contributed by atoms with Crippen molar-refractivity contribution in [3.63, 3.8) is 0 Å². The predicted octanol–water partition coefficient (Wildman–Crippen LogP) is 1.85. The van der Waals surface area contributed by atoms with Crippen LogP contribution in [0, 0.1) is 33.8 Å². The summed E-state index contributed by atoms with van der Waals surface area (Å²) in [6.07, 6.45) is 5.08. The van der Waals surface area contributed by atoms with Gasteiger partial charge in [0.25, 0.3) is 5.69 Å². The maximum Gasteiger partial charge on any atom is 0.339 e. The van der Waals surface area contributed by atoms with E-state index in [0.717, 1.165) is 0 Å². The minimum absolute atomic E-state index is 0.0599. The highest BCUT2D eigenvalue weighted by molar-refractivity contribution is 5.93. The van der Waals surface area contributed by atoms with E-state index in [-0.39, 0.29) is 40.6 Å². The number of nitrogens with zero attached hydrogens (tertiary/aromatic N) is 2. The van der Waals surface area contributed by atoms with Gasteiger partial charge in [0.1, 0.15) is 17.4 Å². The molecule has 25 heavy (non-hydrogen) atoms. The topological polar surface area (TPSA) is 128 Å². The Bertz CT molecular complexity index is 886. The summed E-state index contributed by atoms with van der Waals surface area (Å²) in [7, 11) is 0. The lowest BCUT2D eigenvalue weighted by molar-refractivity contribution is -0.385. The van der Waals surface area contributed by atoms with Gasteiger partial charge >= 0.3 is 5.97 Å². The number of carbonyl (C=O) groups excluding carboxylic acids is 1. The van der Waals surface area contributed by atoms with E-state index in [0.29, 0.717) is 0 Å². The molecule has 0 spiro atoms. The highest BCUT2D eigenvalue weighted by atomic mass is 16.6. The molecule has 1 aromatic rings. The number of terminal acetylenes is 1. The lowest BCUT2D eigenvalue weighted by Crippen LogP contribution is -2.26. The van der Waals surface area contributed by atoms with E-state index in [1.54, 1.807) is 6.07 Å². The average molecular weight is 339 g/mol. The molecule has 1 atom stereocenters. The minimum Gasteiger partial charge on any atom is -0.449 e. The third-order valence-corrected chi connectivity index (χ3v) is 3.56. The lowest BCUT2D eigenvalue weighted by atomic mass is 9.82. The highest BCUT2D eigenvalue weighted by Gasteiger charge is 2.39. The van der Waals surface area contributed by atoms with Crippen LogP contribution in [-0.2, 0) is 14.3 Å². The molecule has 0 fully saturated rings. The standard InChI is InChI=1S/C17H13N3O5/c1-3-8-24-17(21)14-10(2)25-16(19)12(9-18)15(14)11-6-4-5-7-13(11)20(22)23/h1,4-7,15H,8,19H2,2H3. The molecule has 1 aromatic carbocycles. The summed E-state index contributed by atoms with van der Waals surface area (Å²) in [6, 6.07) is 7.61. The second-order valence-electron chi connectivity index (χ2n) is 4.99. The molecular weight excluding hydrogens is 326 g/mol. The van der Waals surface area contributed by atoms with Crippen LogP contribution in [0.1, 0.15) is 18.4 Å². The largest absolute Gasteiger partial charge is 0.449 e.